The van der Waals surface area contributed by atoms with Crippen LogP contribution in [-0.2, 0) is 5.41 Å². The SMILES string of the molecule is CC1(c2ccc(F)c(Br)c2)CC1N. The van der Waals surface area contributed by atoms with E-state index in [-0.39, 0.29) is 17.3 Å². The Morgan fingerprint density at radius 2 is 2.23 bits per heavy atom. The maximum Gasteiger partial charge on any atom is 0.137 e. The fourth-order valence-corrected chi connectivity index (χ4v) is 1.96. The van der Waals surface area contributed by atoms with Crippen molar-refractivity contribution in [3.63, 3.8) is 0 Å². The summed E-state index contributed by atoms with van der Waals surface area (Å²) in [5.41, 5.74) is 7.00. The van der Waals surface area contributed by atoms with Crippen LogP contribution >= 0.6 is 15.9 Å². The molecule has 2 N–H and O–H groups in total. The molecule has 13 heavy (non-hydrogen) atoms. The Morgan fingerprint density at radius 3 is 2.69 bits per heavy atom. The molecule has 0 spiro atoms. The highest BCUT2D eigenvalue weighted by Gasteiger charge is 2.48. The minimum absolute atomic E-state index is 0.0657. The molecule has 0 heterocycles. The van der Waals surface area contributed by atoms with Crippen molar-refractivity contribution in [1.82, 2.24) is 0 Å². The molecule has 3 heteroatoms. The molecule has 1 nitrogen and oxygen atoms in total. The predicted octanol–water partition coefficient (Wildman–Crippen LogP) is 2.58. The molecule has 0 radical (unpaired) electrons. The number of benzene rings is 1. The Labute approximate surface area is 85.3 Å². The second-order valence-electron chi connectivity index (χ2n) is 3.86. The second kappa shape index (κ2) is 2.79. The van der Waals surface area contributed by atoms with E-state index < -0.39 is 0 Å². The van der Waals surface area contributed by atoms with E-state index in [4.69, 9.17) is 5.73 Å². The normalized spacial score (nSPS) is 31.8. The van der Waals surface area contributed by atoms with Crippen LogP contribution in [0.3, 0.4) is 0 Å². The number of hydrogen-bond acceptors (Lipinski definition) is 1. The van der Waals surface area contributed by atoms with Crippen molar-refractivity contribution < 1.29 is 4.39 Å². The summed E-state index contributed by atoms with van der Waals surface area (Å²) in [6.07, 6.45) is 0.991. The Balaban J connectivity index is 2.38. The molecular weight excluding hydrogens is 233 g/mol. The monoisotopic (exact) mass is 243 g/mol. The fourth-order valence-electron chi connectivity index (χ4n) is 1.58. The molecule has 1 aromatic carbocycles. The molecular formula is C10H11BrFN. The van der Waals surface area contributed by atoms with Crippen molar-refractivity contribution >= 4 is 15.9 Å². The largest absolute Gasteiger partial charge is 0.327 e. The van der Waals surface area contributed by atoms with E-state index in [1.165, 1.54) is 6.07 Å². The lowest BCUT2D eigenvalue weighted by Gasteiger charge is -2.10. The van der Waals surface area contributed by atoms with Gasteiger partial charge < -0.3 is 5.73 Å². The van der Waals surface area contributed by atoms with Crippen molar-refractivity contribution in [2.24, 2.45) is 5.73 Å². The molecule has 1 aromatic rings. The Bertz CT molecular complexity index is 353. The van der Waals surface area contributed by atoms with Gasteiger partial charge in [-0.15, -0.1) is 0 Å². The summed E-state index contributed by atoms with van der Waals surface area (Å²) in [4.78, 5) is 0. The van der Waals surface area contributed by atoms with Crippen LogP contribution in [0.2, 0.25) is 0 Å². The molecule has 0 amide bonds. The van der Waals surface area contributed by atoms with E-state index in [0.717, 1.165) is 12.0 Å². The van der Waals surface area contributed by atoms with Gasteiger partial charge >= 0.3 is 0 Å². The maximum atomic E-state index is 12.9. The number of halogens is 2. The molecule has 70 valence electrons. The van der Waals surface area contributed by atoms with Gasteiger partial charge in [0.1, 0.15) is 5.82 Å². The summed E-state index contributed by atoms with van der Waals surface area (Å²) in [5.74, 6) is -0.221. The Hall–Kier alpha value is -0.410. The first-order valence-electron chi connectivity index (χ1n) is 4.25. The maximum absolute atomic E-state index is 12.9. The average molecular weight is 244 g/mol. The van der Waals surface area contributed by atoms with Crippen molar-refractivity contribution in [3.05, 3.63) is 34.1 Å². The number of nitrogens with two attached hydrogens (primary N) is 1. The Morgan fingerprint density at radius 1 is 1.62 bits per heavy atom. The first kappa shape index (κ1) is 9.16. The zero-order valence-electron chi connectivity index (χ0n) is 7.35. The minimum atomic E-state index is -0.221. The van der Waals surface area contributed by atoms with E-state index in [1.807, 2.05) is 12.1 Å². The van der Waals surface area contributed by atoms with Crippen LogP contribution < -0.4 is 5.73 Å². The topological polar surface area (TPSA) is 26.0 Å². The number of rotatable bonds is 1. The highest BCUT2D eigenvalue weighted by molar-refractivity contribution is 9.10. The molecule has 1 saturated carbocycles. The van der Waals surface area contributed by atoms with E-state index in [1.54, 1.807) is 0 Å². The van der Waals surface area contributed by atoms with Crippen LogP contribution in [-0.4, -0.2) is 6.04 Å². The predicted molar refractivity (Wildman–Crippen MR) is 54.0 cm³/mol. The fraction of sp³-hybridized carbons (Fsp3) is 0.400. The third-order valence-electron chi connectivity index (χ3n) is 2.88. The van der Waals surface area contributed by atoms with Gasteiger partial charge in [-0.3, -0.25) is 0 Å². The third-order valence-corrected chi connectivity index (χ3v) is 3.49. The first-order chi connectivity index (χ1) is 6.04. The summed E-state index contributed by atoms with van der Waals surface area (Å²) >= 11 is 3.17. The van der Waals surface area contributed by atoms with Crippen molar-refractivity contribution in [3.8, 4) is 0 Å². The highest BCUT2D eigenvalue weighted by Crippen LogP contribution is 2.46. The first-order valence-corrected chi connectivity index (χ1v) is 5.04. The van der Waals surface area contributed by atoms with Gasteiger partial charge in [0.25, 0.3) is 0 Å². The van der Waals surface area contributed by atoms with Gasteiger partial charge in [-0.05, 0) is 40.0 Å². The average Bonchev–Trinajstić information content (AvgIpc) is 2.67. The van der Waals surface area contributed by atoms with Gasteiger partial charge in [0.2, 0.25) is 0 Å². The standard InChI is InChI=1S/C10H11BrFN/c1-10(5-9(10)13)6-2-3-8(12)7(11)4-6/h2-4,9H,5,13H2,1H3. The molecule has 0 aromatic heterocycles. The van der Waals surface area contributed by atoms with Gasteiger partial charge in [0.15, 0.2) is 0 Å². The van der Waals surface area contributed by atoms with Crippen molar-refractivity contribution in [2.45, 2.75) is 24.8 Å². The van der Waals surface area contributed by atoms with Crippen LogP contribution in [0.1, 0.15) is 18.9 Å². The number of hydrogen-bond donors (Lipinski definition) is 1. The molecule has 2 rings (SSSR count). The summed E-state index contributed by atoms with van der Waals surface area (Å²) in [5, 5.41) is 0. The lowest BCUT2D eigenvalue weighted by molar-refractivity contribution is 0.617. The summed E-state index contributed by atoms with van der Waals surface area (Å²) in [6.45, 7) is 2.11. The molecule has 1 fully saturated rings. The van der Waals surface area contributed by atoms with E-state index in [2.05, 4.69) is 22.9 Å². The van der Waals surface area contributed by atoms with Gasteiger partial charge in [-0.1, -0.05) is 13.0 Å². The quantitative estimate of drug-likeness (QED) is 0.807. The van der Waals surface area contributed by atoms with Crippen molar-refractivity contribution in [1.29, 1.82) is 0 Å². The zero-order chi connectivity index (χ0) is 9.64. The molecule has 1 aliphatic rings. The highest BCUT2D eigenvalue weighted by atomic mass is 79.9. The molecule has 0 saturated heterocycles. The molecule has 2 unspecified atom stereocenters. The van der Waals surface area contributed by atoms with Gasteiger partial charge in [-0.25, -0.2) is 4.39 Å². The lowest BCUT2D eigenvalue weighted by atomic mass is 9.98. The van der Waals surface area contributed by atoms with E-state index >= 15 is 0 Å². The molecule has 0 bridgehead atoms. The lowest BCUT2D eigenvalue weighted by Crippen LogP contribution is -2.14. The smallest absolute Gasteiger partial charge is 0.137 e. The summed E-state index contributed by atoms with van der Waals surface area (Å²) in [6, 6.07) is 5.34. The van der Waals surface area contributed by atoms with Crippen LogP contribution in [0.5, 0.6) is 0 Å². The van der Waals surface area contributed by atoms with Crippen LogP contribution in [0.15, 0.2) is 22.7 Å². The minimum Gasteiger partial charge on any atom is -0.327 e. The van der Waals surface area contributed by atoms with Crippen LogP contribution in [0.25, 0.3) is 0 Å². The molecule has 0 aliphatic heterocycles. The molecule has 2 atom stereocenters. The van der Waals surface area contributed by atoms with Gasteiger partial charge in [0.05, 0.1) is 4.47 Å². The Kier molecular flexibility index (Phi) is 1.96. The van der Waals surface area contributed by atoms with E-state index in [0.29, 0.717) is 4.47 Å². The molecule has 1 aliphatic carbocycles. The van der Waals surface area contributed by atoms with Crippen molar-refractivity contribution in [2.75, 3.05) is 0 Å². The van der Waals surface area contributed by atoms with E-state index in [9.17, 15) is 4.39 Å². The van der Waals surface area contributed by atoms with Gasteiger partial charge in [-0.2, -0.15) is 0 Å². The second-order valence-corrected chi connectivity index (χ2v) is 4.71. The summed E-state index contributed by atoms with van der Waals surface area (Å²) < 4.78 is 13.4. The summed E-state index contributed by atoms with van der Waals surface area (Å²) in [7, 11) is 0. The van der Waals surface area contributed by atoms with Crippen LogP contribution in [0, 0.1) is 5.82 Å². The van der Waals surface area contributed by atoms with Crippen LogP contribution in [0.4, 0.5) is 4.39 Å². The third kappa shape index (κ3) is 1.40. The zero-order valence-corrected chi connectivity index (χ0v) is 8.94. The van der Waals surface area contributed by atoms with Gasteiger partial charge in [0, 0.05) is 11.5 Å².